The Labute approximate surface area is 164 Å². The molecule has 142 valence electrons. The lowest BCUT2D eigenvalue weighted by Crippen LogP contribution is -2.04. The smallest absolute Gasteiger partial charge is 0.293 e. The van der Waals surface area contributed by atoms with Gasteiger partial charge in [-0.15, -0.1) is 5.10 Å². The molecule has 0 unspecified atom stereocenters. The van der Waals surface area contributed by atoms with E-state index in [9.17, 15) is 14.9 Å². The fourth-order valence-electron chi connectivity index (χ4n) is 2.85. The summed E-state index contributed by atoms with van der Waals surface area (Å²) < 4.78 is 1.47. The predicted octanol–water partition coefficient (Wildman–Crippen LogP) is 3.55. The number of nitrogens with one attached hydrogen (secondary N) is 1. The zero-order valence-corrected chi connectivity index (χ0v) is 15.0. The van der Waals surface area contributed by atoms with Crippen LogP contribution in [0.5, 0.6) is 0 Å². The highest BCUT2D eigenvalue weighted by atomic mass is 16.6. The van der Waals surface area contributed by atoms with Crippen molar-refractivity contribution in [3.63, 3.8) is 0 Å². The molecular formula is C20H14N6O3. The van der Waals surface area contributed by atoms with Crippen LogP contribution < -0.4 is 5.32 Å². The summed E-state index contributed by atoms with van der Waals surface area (Å²) in [4.78, 5) is 23.7. The minimum Gasteiger partial charge on any atom is -0.350 e. The van der Waals surface area contributed by atoms with Crippen LogP contribution in [0.2, 0.25) is 0 Å². The van der Waals surface area contributed by atoms with E-state index in [1.165, 1.54) is 23.1 Å². The van der Waals surface area contributed by atoms with Crippen LogP contribution in [0.15, 0.2) is 79.1 Å². The highest BCUT2D eigenvalue weighted by Crippen LogP contribution is 2.30. The molecule has 0 spiro atoms. The van der Waals surface area contributed by atoms with Gasteiger partial charge in [-0.2, -0.15) is 0 Å². The number of hydrogen-bond donors (Lipinski definition) is 1. The van der Waals surface area contributed by atoms with Crippen molar-refractivity contribution in [2.24, 2.45) is 0 Å². The van der Waals surface area contributed by atoms with Gasteiger partial charge in [0.2, 0.25) is 0 Å². The molecule has 4 rings (SSSR count). The van der Waals surface area contributed by atoms with E-state index in [0.29, 0.717) is 16.9 Å². The van der Waals surface area contributed by atoms with Crippen LogP contribution >= 0.6 is 0 Å². The molecule has 1 aromatic heterocycles. The highest BCUT2D eigenvalue weighted by Gasteiger charge is 2.19. The quantitative estimate of drug-likeness (QED) is 0.306. The van der Waals surface area contributed by atoms with E-state index in [2.05, 4.69) is 20.8 Å². The van der Waals surface area contributed by atoms with E-state index < -0.39 is 4.92 Å². The maximum Gasteiger partial charge on any atom is 0.293 e. The molecule has 29 heavy (non-hydrogen) atoms. The molecule has 4 aromatic rings. The Morgan fingerprint density at radius 3 is 2.52 bits per heavy atom. The summed E-state index contributed by atoms with van der Waals surface area (Å²) in [7, 11) is 0. The molecular weight excluding hydrogens is 372 g/mol. The van der Waals surface area contributed by atoms with Gasteiger partial charge in [0.1, 0.15) is 12.0 Å². The molecule has 0 aliphatic rings. The van der Waals surface area contributed by atoms with E-state index in [1.807, 2.05) is 0 Å². The second kappa shape index (κ2) is 7.69. The minimum absolute atomic E-state index is 0.195. The Kier molecular flexibility index (Phi) is 4.77. The Balaban J connectivity index is 1.65. The Morgan fingerprint density at radius 2 is 1.79 bits per heavy atom. The number of carbonyl (C=O) groups is 1. The second-order valence-corrected chi connectivity index (χ2v) is 6.11. The van der Waals surface area contributed by atoms with E-state index in [0.717, 1.165) is 0 Å². The minimum atomic E-state index is -0.519. The number of nitrogens with zero attached hydrogens (tertiary/aromatic N) is 5. The summed E-state index contributed by atoms with van der Waals surface area (Å²) in [6.45, 7) is 0. The summed E-state index contributed by atoms with van der Waals surface area (Å²) in [5, 5.41) is 25.6. The molecule has 0 radical (unpaired) electrons. The van der Waals surface area contributed by atoms with E-state index >= 15 is 0 Å². The van der Waals surface area contributed by atoms with Gasteiger partial charge in [-0.3, -0.25) is 14.9 Å². The third-order valence-electron chi connectivity index (χ3n) is 4.23. The Bertz CT molecular complexity index is 1180. The topological polar surface area (TPSA) is 116 Å². The van der Waals surface area contributed by atoms with Gasteiger partial charge < -0.3 is 5.32 Å². The van der Waals surface area contributed by atoms with Gasteiger partial charge in [0.15, 0.2) is 5.78 Å². The van der Waals surface area contributed by atoms with Crippen LogP contribution in [0, 0.1) is 10.1 Å². The van der Waals surface area contributed by atoms with Crippen molar-refractivity contribution in [1.82, 2.24) is 20.2 Å². The van der Waals surface area contributed by atoms with E-state index in [1.54, 1.807) is 60.7 Å². The van der Waals surface area contributed by atoms with Gasteiger partial charge >= 0.3 is 0 Å². The van der Waals surface area contributed by atoms with Gasteiger partial charge in [-0.25, -0.2) is 4.68 Å². The van der Waals surface area contributed by atoms with Crippen LogP contribution in [0.3, 0.4) is 0 Å². The van der Waals surface area contributed by atoms with Crippen LogP contribution in [-0.2, 0) is 0 Å². The number of nitro benzene ring substituents is 1. The summed E-state index contributed by atoms with van der Waals surface area (Å²) in [6.07, 6.45) is 1.45. The first-order valence-electron chi connectivity index (χ1n) is 8.60. The number of ketones is 1. The summed E-state index contributed by atoms with van der Waals surface area (Å²) in [5.41, 5.74) is 2.10. The zero-order chi connectivity index (χ0) is 20.2. The monoisotopic (exact) mass is 386 g/mol. The standard InChI is InChI=1S/C20H14N6O3/c27-20(14-5-2-1-3-6-14)15-9-10-18(19(11-15)26(28)29)22-16-7-4-8-17(12-16)25-13-21-23-24-25/h1-13,22H. The fraction of sp³-hybridized carbons (Fsp3) is 0. The van der Waals surface area contributed by atoms with Crippen LogP contribution in [0.4, 0.5) is 17.1 Å². The molecule has 0 bridgehead atoms. The number of tetrazole rings is 1. The lowest BCUT2D eigenvalue weighted by atomic mass is 10.0. The number of benzene rings is 3. The van der Waals surface area contributed by atoms with Gasteiger partial charge in [0.25, 0.3) is 5.69 Å². The molecule has 9 nitrogen and oxygen atoms in total. The summed E-state index contributed by atoms with van der Waals surface area (Å²) in [6, 6.07) is 20.1. The third-order valence-corrected chi connectivity index (χ3v) is 4.23. The summed E-state index contributed by atoms with van der Waals surface area (Å²) in [5.74, 6) is -0.277. The van der Waals surface area contributed by atoms with E-state index in [4.69, 9.17) is 0 Å². The van der Waals surface area contributed by atoms with E-state index in [-0.39, 0.29) is 22.7 Å². The molecule has 0 saturated carbocycles. The number of carbonyl (C=O) groups excluding carboxylic acids is 1. The average molecular weight is 386 g/mol. The Hall–Kier alpha value is -4.40. The molecule has 0 aliphatic heterocycles. The SMILES string of the molecule is O=C(c1ccccc1)c1ccc(Nc2cccc(-n3cnnn3)c2)c([N+](=O)[O-])c1. The van der Waals surface area contributed by atoms with Crippen molar-refractivity contribution in [3.8, 4) is 5.69 Å². The van der Waals surface area contributed by atoms with Crippen LogP contribution in [-0.4, -0.2) is 30.9 Å². The molecule has 0 saturated heterocycles. The predicted molar refractivity (Wildman–Crippen MR) is 105 cm³/mol. The number of hydrogen-bond acceptors (Lipinski definition) is 7. The molecule has 0 fully saturated rings. The normalized spacial score (nSPS) is 10.5. The van der Waals surface area contributed by atoms with Gasteiger partial charge in [-0.1, -0.05) is 36.4 Å². The van der Waals surface area contributed by atoms with Crippen molar-refractivity contribution >= 4 is 22.8 Å². The number of anilines is 2. The average Bonchev–Trinajstić information content (AvgIpc) is 3.29. The van der Waals surface area contributed by atoms with Crippen molar-refractivity contribution < 1.29 is 9.72 Å². The number of rotatable bonds is 6. The van der Waals surface area contributed by atoms with Gasteiger partial charge in [-0.05, 0) is 40.8 Å². The van der Waals surface area contributed by atoms with Crippen LogP contribution in [0.25, 0.3) is 5.69 Å². The molecule has 0 aliphatic carbocycles. The first kappa shape index (κ1) is 18.0. The fourth-order valence-corrected chi connectivity index (χ4v) is 2.85. The first-order valence-corrected chi connectivity index (χ1v) is 8.60. The second-order valence-electron chi connectivity index (χ2n) is 6.11. The van der Waals surface area contributed by atoms with Crippen molar-refractivity contribution in [2.75, 3.05) is 5.32 Å². The first-order chi connectivity index (χ1) is 14.1. The maximum absolute atomic E-state index is 12.6. The molecule has 1 N–H and O–H groups in total. The molecule has 0 amide bonds. The van der Waals surface area contributed by atoms with Crippen molar-refractivity contribution in [3.05, 3.63) is 100 Å². The molecule has 0 atom stereocenters. The molecule has 3 aromatic carbocycles. The van der Waals surface area contributed by atoms with Crippen molar-refractivity contribution in [2.45, 2.75) is 0 Å². The lowest BCUT2D eigenvalue weighted by molar-refractivity contribution is -0.383. The number of aromatic nitrogens is 4. The van der Waals surface area contributed by atoms with Gasteiger partial charge in [0, 0.05) is 22.9 Å². The maximum atomic E-state index is 12.6. The highest BCUT2D eigenvalue weighted by molar-refractivity contribution is 6.09. The molecule has 1 heterocycles. The lowest BCUT2D eigenvalue weighted by Gasteiger charge is -2.10. The number of nitro groups is 1. The summed E-state index contributed by atoms with van der Waals surface area (Å²) >= 11 is 0. The Morgan fingerprint density at radius 1 is 0.966 bits per heavy atom. The van der Waals surface area contributed by atoms with Gasteiger partial charge in [0.05, 0.1) is 10.6 Å². The zero-order valence-electron chi connectivity index (χ0n) is 15.0. The van der Waals surface area contributed by atoms with Crippen LogP contribution in [0.1, 0.15) is 15.9 Å². The third kappa shape index (κ3) is 3.83. The largest absolute Gasteiger partial charge is 0.350 e. The van der Waals surface area contributed by atoms with Crippen molar-refractivity contribution in [1.29, 1.82) is 0 Å². The molecule has 9 heteroatoms.